The van der Waals surface area contributed by atoms with Crippen molar-refractivity contribution in [3.05, 3.63) is 52.9 Å². The summed E-state index contributed by atoms with van der Waals surface area (Å²) in [5, 5.41) is 7.53. The van der Waals surface area contributed by atoms with Crippen molar-refractivity contribution < 1.29 is 17.7 Å². The Bertz CT molecular complexity index is 1260. The molecular formula is C28H36F3N4OP. The Labute approximate surface area is 217 Å². The van der Waals surface area contributed by atoms with Gasteiger partial charge < -0.3 is 15.2 Å². The van der Waals surface area contributed by atoms with Crippen LogP contribution in [0.1, 0.15) is 61.9 Å². The van der Waals surface area contributed by atoms with E-state index >= 15 is 0 Å². The van der Waals surface area contributed by atoms with Crippen LogP contribution >= 0.6 is 7.14 Å². The zero-order valence-electron chi connectivity index (χ0n) is 22.0. The fourth-order valence-electron chi connectivity index (χ4n) is 6.34. The van der Waals surface area contributed by atoms with Gasteiger partial charge in [-0.2, -0.15) is 13.2 Å². The van der Waals surface area contributed by atoms with Gasteiger partial charge in [0.05, 0.1) is 5.69 Å². The highest BCUT2D eigenvalue weighted by molar-refractivity contribution is 7.70. The summed E-state index contributed by atoms with van der Waals surface area (Å²) in [5.41, 5.74) is 1.31. The number of anilines is 1. The highest BCUT2D eigenvalue weighted by atomic mass is 31.2. The largest absolute Gasteiger partial charge is 0.419 e. The van der Waals surface area contributed by atoms with Crippen molar-refractivity contribution in [2.75, 3.05) is 31.7 Å². The lowest BCUT2D eigenvalue weighted by atomic mass is 9.85. The molecule has 1 aliphatic heterocycles. The second-order valence-electron chi connectivity index (χ2n) is 11.7. The Balaban J connectivity index is 1.60. The number of rotatable bonds is 4. The van der Waals surface area contributed by atoms with E-state index in [1.165, 1.54) is 0 Å². The standard InChI is InChI=1S/C28H36F3N4OP/c1-17-12-21-20(6-5-7-24(21)37(3,4)36)22(13-18(17)2)25-23(28(29,30)31)15-33-26(35-25)34-19-8-9-27(14-19)10-11-32-16-27/h5-7,13,15,17-19,32H,8-12,14,16H2,1-4H3,(H,33,34,35)/t17-,18?,19?,27?/m1/s1. The van der Waals surface area contributed by atoms with Gasteiger partial charge in [0.1, 0.15) is 12.7 Å². The third kappa shape index (κ3) is 5.24. The number of aromatic nitrogens is 2. The number of halogens is 3. The van der Waals surface area contributed by atoms with Crippen LogP contribution in [0.3, 0.4) is 0 Å². The molecule has 0 amide bonds. The number of fused-ring (bicyclic) bond motifs is 1. The van der Waals surface area contributed by atoms with Crippen molar-refractivity contribution >= 4 is 24.0 Å². The minimum Gasteiger partial charge on any atom is -0.351 e. The van der Waals surface area contributed by atoms with Crippen LogP contribution in [0.25, 0.3) is 5.57 Å². The molecule has 1 saturated heterocycles. The second-order valence-corrected chi connectivity index (χ2v) is 14.9. The monoisotopic (exact) mass is 532 g/mol. The van der Waals surface area contributed by atoms with E-state index in [1.807, 2.05) is 25.1 Å². The smallest absolute Gasteiger partial charge is 0.351 e. The molecule has 2 aliphatic carbocycles. The van der Waals surface area contributed by atoms with Gasteiger partial charge in [-0.25, -0.2) is 9.97 Å². The van der Waals surface area contributed by atoms with Crippen molar-refractivity contribution in [1.29, 1.82) is 0 Å². The van der Waals surface area contributed by atoms with Crippen molar-refractivity contribution in [3.8, 4) is 0 Å². The van der Waals surface area contributed by atoms with Gasteiger partial charge in [-0.3, -0.25) is 0 Å². The average Bonchev–Trinajstić information content (AvgIpc) is 3.41. The first-order chi connectivity index (χ1) is 17.4. The molecule has 3 aliphatic rings. The first kappa shape index (κ1) is 26.4. The summed E-state index contributed by atoms with van der Waals surface area (Å²) in [5.74, 6) is 0.420. The Morgan fingerprint density at radius 1 is 1.19 bits per heavy atom. The van der Waals surface area contributed by atoms with E-state index in [4.69, 9.17) is 0 Å². The first-order valence-corrected chi connectivity index (χ1v) is 15.8. The number of hydrogen-bond acceptors (Lipinski definition) is 5. The predicted molar refractivity (Wildman–Crippen MR) is 143 cm³/mol. The Kier molecular flexibility index (Phi) is 6.81. The maximum atomic E-state index is 14.3. The molecule has 0 bridgehead atoms. The Morgan fingerprint density at radius 2 is 1.97 bits per heavy atom. The number of nitrogens with zero attached hydrogens (tertiary/aromatic N) is 2. The molecule has 1 spiro atoms. The molecule has 2 heterocycles. The molecule has 4 atom stereocenters. The van der Waals surface area contributed by atoms with Gasteiger partial charge in [-0.1, -0.05) is 38.1 Å². The summed E-state index contributed by atoms with van der Waals surface area (Å²) in [6.45, 7) is 9.55. The predicted octanol–water partition coefficient (Wildman–Crippen LogP) is 5.95. The fourth-order valence-corrected chi connectivity index (χ4v) is 7.64. The van der Waals surface area contributed by atoms with Gasteiger partial charge in [0, 0.05) is 29.7 Å². The van der Waals surface area contributed by atoms with Crippen molar-refractivity contribution in [1.82, 2.24) is 15.3 Å². The third-order valence-corrected chi connectivity index (χ3v) is 10.2. The normalized spacial score (nSPS) is 28.2. The summed E-state index contributed by atoms with van der Waals surface area (Å²) in [4.78, 5) is 8.66. The summed E-state index contributed by atoms with van der Waals surface area (Å²) in [6, 6.07) is 5.62. The number of alkyl halides is 3. The SMILES string of the molecule is CC1C=C(c2nc(NC3CCC4(CCNC4)C3)ncc2C(F)(F)F)c2cccc(P(C)(C)=O)c2C[C@H]1C. The highest BCUT2D eigenvalue weighted by Gasteiger charge is 2.42. The topological polar surface area (TPSA) is 66.9 Å². The third-order valence-electron chi connectivity index (χ3n) is 8.59. The number of hydrogen-bond donors (Lipinski definition) is 2. The van der Waals surface area contributed by atoms with Gasteiger partial charge in [0.2, 0.25) is 5.95 Å². The molecule has 1 aromatic carbocycles. The van der Waals surface area contributed by atoms with E-state index in [9.17, 15) is 17.7 Å². The van der Waals surface area contributed by atoms with Crippen molar-refractivity contribution in [2.24, 2.45) is 17.3 Å². The van der Waals surface area contributed by atoms with Crippen LogP contribution in [0.4, 0.5) is 19.1 Å². The van der Waals surface area contributed by atoms with E-state index in [2.05, 4.69) is 27.5 Å². The van der Waals surface area contributed by atoms with Crippen LogP contribution in [0.2, 0.25) is 0 Å². The van der Waals surface area contributed by atoms with Crippen LogP contribution in [-0.2, 0) is 17.2 Å². The van der Waals surface area contributed by atoms with E-state index < -0.39 is 18.9 Å². The van der Waals surface area contributed by atoms with Crippen molar-refractivity contribution in [3.63, 3.8) is 0 Å². The summed E-state index contributed by atoms with van der Waals surface area (Å²) in [6.07, 6.45) is 3.01. The summed E-state index contributed by atoms with van der Waals surface area (Å²) < 4.78 is 56.0. The van der Waals surface area contributed by atoms with Gasteiger partial charge in [0.15, 0.2) is 0 Å². The van der Waals surface area contributed by atoms with E-state index in [-0.39, 0.29) is 34.9 Å². The number of allylic oxidation sites excluding steroid dienone is 1. The zero-order chi connectivity index (χ0) is 26.6. The molecule has 1 saturated carbocycles. The van der Waals surface area contributed by atoms with Crippen LogP contribution in [0.5, 0.6) is 0 Å². The van der Waals surface area contributed by atoms with Crippen LogP contribution < -0.4 is 15.9 Å². The quantitative estimate of drug-likeness (QED) is 0.477. The minimum atomic E-state index is -4.61. The van der Waals surface area contributed by atoms with Crippen LogP contribution in [-0.4, -0.2) is 42.4 Å². The molecule has 9 heteroatoms. The molecular weight excluding hydrogens is 496 g/mol. The molecule has 3 unspecified atom stereocenters. The highest BCUT2D eigenvalue weighted by Crippen LogP contribution is 2.45. The minimum absolute atomic E-state index is 0.0142. The molecule has 2 aromatic rings. The molecule has 37 heavy (non-hydrogen) atoms. The van der Waals surface area contributed by atoms with Gasteiger partial charge >= 0.3 is 6.18 Å². The van der Waals surface area contributed by atoms with E-state index in [0.29, 0.717) is 17.6 Å². The zero-order valence-corrected chi connectivity index (χ0v) is 22.8. The number of benzene rings is 1. The van der Waals surface area contributed by atoms with Crippen molar-refractivity contribution in [2.45, 2.75) is 58.2 Å². The maximum Gasteiger partial charge on any atom is 0.419 e. The molecule has 5 nitrogen and oxygen atoms in total. The van der Waals surface area contributed by atoms with Gasteiger partial charge in [0.25, 0.3) is 0 Å². The molecule has 1 aromatic heterocycles. The Morgan fingerprint density at radius 3 is 2.65 bits per heavy atom. The molecule has 2 fully saturated rings. The Hall–Kier alpha value is -2.18. The molecule has 0 radical (unpaired) electrons. The number of nitrogens with one attached hydrogen (secondary N) is 2. The second kappa shape index (κ2) is 9.53. The molecule has 2 N–H and O–H groups in total. The lowest BCUT2D eigenvalue weighted by molar-refractivity contribution is -0.138. The van der Waals surface area contributed by atoms with Gasteiger partial charge in [-0.15, -0.1) is 0 Å². The summed E-state index contributed by atoms with van der Waals surface area (Å²) in [7, 11) is -2.65. The van der Waals surface area contributed by atoms with E-state index in [1.54, 1.807) is 19.4 Å². The lowest BCUT2D eigenvalue weighted by Crippen LogP contribution is -2.25. The summed E-state index contributed by atoms with van der Waals surface area (Å²) >= 11 is 0. The lowest BCUT2D eigenvalue weighted by Gasteiger charge is -2.23. The average molecular weight is 533 g/mol. The van der Waals surface area contributed by atoms with E-state index in [0.717, 1.165) is 55.8 Å². The molecule has 200 valence electrons. The van der Waals surface area contributed by atoms with Crippen LogP contribution in [0, 0.1) is 17.3 Å². The maximum absolute atomic E-state index is 14.3. The van der Waals surface area contributed by atoms with Crippen LogP contribution in [0.15, 0.2) is 30.5 Å². The van der Waals surface area contributed by atoms with Gasteiger partial charge in [-0.05, 0) is 80.4 Å². The fraction of sp³-hybridized carbons (Fsp3) is 0.571. The first-order valence-electron chi connectivity index (χ1n) is 13.2. The molecule has 5 rings (SSSR count).